The summed E-state index contributed by atoms with van der Waals surface area (Å²) in [6.07, 6.45) is 1.23. The molecule has 0 bridgehead atoms. The van der Waals surface area contributed by atoms with Gasteiger partial charge in [-0.1, -0.05) is 6.92 Å². The maximum Gasteiger partial charge on any atom is 0.0603 e. The van der Waals surface area contributed by atoms with Crippen LogP contribution in [0, 0.1) is 13.8 Å². The maximum absolute atomic E-state index is 6.19. The van der Waals surface area contributed by atoms with Gasteiger partial charge in [0.2, 0.25) is 0 Å². The summed E-state index contributed by atoms with van der Waals surface area (Å²) < 4.78 is 0. The molecule has 0 aliphatic carbocycles. The van der Waals surface area contributed by atoms with Gasteiger partial charge in [-0.05, 0) is 50.5 Å². The SMILES string of the molecule is CCC(C)N1CCN(c2cc(C)c(C)cc2N)CC1. The van der Waals surface area contributed by atoms with E-state index in [1.807, 2.05) is 0 Å². The maximum atomic E-state index is 6.19. The molecule has 1 fully saturated rings. The van der Waals surface area contributed by atoms with E-state index in [-0.39, 0.29) is 0 Å². The minimum absolute atomic E-state index is 0.694. The third kappa shape index (κ3) is 3.03. The Labute approximate surface area is 117 Å². The quantitative estimate of drug-likeness (QED) is 0.849. The summed E-state index contributed by atoms with van der Waals surface area (Å²) in [4.78, 5) is 5.01. The Balaban J connectivity index is 2.07. The summed E-state index contributed by atoms with van der Waals surface area (Å²) in [7, 11) is 0. The van der Waals surface area contributed by atoms with Crippen LogP contribution in [0.2, 0.25) is 0 Å². The Hall–Kier alpha value is -1.22. The van der Waals surface area contributed by atoms with Gasteiger partial charge in [-0.3, -0.25) is 4.90 Å². The monoisotopic (exact) mass is 261 g/mol. The molecule has 2 N–H and O–H groups in total. The van der Waals surface area contributed by atoms with E-state index in [1.54, 1.807) is 0 Å². The number of hydrogen-bond donors (Lipinski definition) is 1. The van der Waals surface area contributed by atoms with Crippen molar-refractivity contribution >= 4 is 11.4 Å². The lowest BCUT2D eigenvalue weighted by molar-refractivity contribution is 0.193. The van der Waals surface area contributed by atoms with Gasteiger partial charge in [0.25, 0.3) is 0 Å². The van der Waals surface area contributed by atoms with Gasteiger partial charge in [0.05, 0.1) is 11.4 Å². The van der Waals surface area contributed by atoms with E-state index in [0.717, 1.165) is 31.9 Å². The van der Waals surface area contributed by atoms with Crippen molar-refractivity contribution in [2.75, 3.05) is 36.8 Å². The van der Waals surface area contributed by atoms with Crippen LogP contribution in [-0.4, -0.2) is 37.1 Å². The zero-order chi connectivity index (χ0) is 14.0. The van der Waals surface area contributed by atoms with Crippen LogP contribution < -0.4 is 10.6 Å². The van der Waals surface area contributed by atoms with Crippen molar-refractivity contribution < 1.29 is 0 Å². The molecule has 1 unspecified atom stereocenters. The molecular formula is C16H27N3. The lowest BCUT2D eigenvalue weighted by Crippen LogP contribution is -2.49. The summed E-state index contributed by atoms with van der Waals surface area (Å²) >= 11 is 0. The predicted molar refractivity (Wildman–Crippen MR) is 83.9 cm³/mol. The van der Waals surface area contributed by atoms with E-state index in [4.69, 9.17) is 5.73 Å². The minimum Gasteiger partial charge on any atom is -0.397 e. The standard InChI is InChI=1S/C16H27N3/c1-5-14(4)18-6-8-19(9-7-18)16-11-13(3)12(2)10-15(16)17/h10-11,14H,5-9,17H2,1-4H3. The zero-order valence-electron chi connectivity index (χ0n) is 12.7. The molecule has 1 aliphatic rings. The first-order valence-corrected chi connectivity index (χ1v) is 7.38. The average molecular weight is 261 g/mol. The summed E-state index contributed by atoms with van der Waals surface area (Å²) in [6, 6.07) is 5.04. The van der Waals surface area contributed by atoms with Crippen LogP contribution in [0.4, 0.5) is 11.4 Å². The van der Waals surface area contributed by atoms with Gasteiger partial charge in [-0.25, -0.2) is 0 Å². The molecule has 19 heavy (non-hydrogen) atoms. The van der Waals surface area contributed by atoms with Crippen LogP contribution >= 0.6 is 0 Å². The average Bonchev–Trinajstić information content (AvgIpc) is 2.42. The van der Waals surface area contributed by atoms with Gasteiger partial charge in [-0.2, -0.15) is 0 Å². The molecule has 1 atom stereocenters. The molecule has 2 rings (SSSR count). The fourth-order valence-corrected chi connectivity index (χ4v) is 2.76. The van der Waals surface area contributed by atoms with Gasteiger partial charge in [-0.15, -0.1) is 0 Å². The highest BCUT2D eigenvalue weighted by atomic mass is 15.3. The smallest absolute Gasteiger partial charge is 0.0603 e. The zero-order valence-corrected chi connectivity index (χ0v) is 12.7. The van der Waals surface area contributed by atoms with Crippen molar-refractivity contribution in [3.63, 3.8) is 0 Å². The number of nitrogens with two attached hydrogens (primary N) is 1. The molecule has 1 heterocycles. The van der Waals surface area contributed by atoms with Gasteiger partial charge in [0.15, 0.2) is 0 Å². The molecule has 0 amide bonds. The number of hydrogen-bond acceptors (Lipinski definition) is 3. The molecule has 1 aromatic rings. The van der Waals surface area contributed by atoms with Gasteiger partial charge >= 0.3 is 0 Å². The van der Waals surface area contributed by atoms with E-state index in [2.05, 4.69) is 49.6 Å². The number of anilines is 2. The van der Waals surface area contributed by atoms with E-state index in [1.165, 1.54) is 23.2 Å². The lowest BCUT2D eigenvalue weighted by Gasteiger charge is -2.39. The number of aryl methyl sites for hydroxylation is 2. The van der Waals surface area contributed by atoms with E-state index < -0.39 is 0 Å². The van der Waals surface area contributed by atoms with Gasteiger partial charge < -0.3 is 10.6 Å². The summed E-state index contributed by atoms with van der Waals surface area (Å²) in [5.74, 6) is 0. The van der Waals surface area contributed by atoms with Crippen molar-refractivity contribution in [3.05, 3.63) is 23.3 Å². The first-order valence-electron chi connectivity index (χ1n) is 7.38. The van der Waals surface area contributed by atoms with Crippen LogP contribution in [0.5, 0.6) is 0 Å². The van der Waals surface area contributed by atoms with Crippen LogP contribution in [0.3, 0.4) is 0 Å². The highest BCUT2D eigenvalue weighted by Crippen LogP contribution is 2.28. The highest BCUT2D eigenvalue weighted by molar-refractivity contribution is 5.70. The third-order valence-corrected chi connectivity index (χ3v) is 4.51. The first-order chi connectivity index (χ1) is 9.02. The molecule has 3 heteroatoms. The topological polar surface area (TPSA) is 32.5 Å². The highest BCUT2D eigenvalue weighted by Gasteiger charge is 2.21. The number of rotatable bonds is 3. The van der Waals surface area contributed by atoms with Crippen LogP contribution in [-0.2, 0) is 0 Å². The molecule has 1 aliphatic heterocycles. The number of piperazine rings is 1. The van der Waals surface area contributed by atoms with Crippen LogP contribution in [0.15, 0.2) is 12.1 Å². The van der Waals surface area contributed by atoms with Crippen molar-refractivity contribution in [2.24, 2.45) is 0 Å². The van der Waals surface area contributed by atoms with E-state index in [0.29, 0.717) is 6.04 Å². The Bertz CT molecular complexity index is 434. The molecule has 1 aromatic carbocycles. The Morgan fingerprint density at radius 3 is 2.26 bits per heavy atom. The fourth-order valence-electron chi connectivity index (χ4n) is 2.76. The molecule has 0 spiro atoms. The van der Waals surface area contributed by atoms with Gasteiger partial charge in [0, 0.05) is 32.2 Å². The van der Waals surface area contributed by atoms with Crippen LogP contribution in [0.25, 0.3) is 0 Å². The lowest BCUT2D eigenvalue weighted by atomic mass is 10.1. The second-order valence-electron chi connectivity index (χ2n) is 5.78. The van der Waals surface area contributed by atoms with Gasteiger partial charge in [0.1, 0.15) is 0 Å². The van der Waals surface area contributed by atoms with Crippen molar-refractivity contribution in [2.45, 2.75) is 40.2 Å². The number of benzene rings is 1. The Morgan fingerprint density at radius 2 is 1.68 bits per heavy atom. The molecular weight excluding hydrogens is 234 g/mol. The fraction of sp³-hybridized carbons (Fsp3) is 0.625. The summed E-state index contributed by atoms with van der Waals surface area (Å²) in [5, 5.41) is 0. The van der Waals surface area contributed by atoms with E-state index >= 15 is 0 Å². The predicted octanol–water partition coefficient (Wildman–Crippen LogP) is 2.81. The minimum atomic E-state index is 0.694. The second-order valence-corrected chi connectivity index (χ2v) is 5.78. The largest absolute Gasteiger partial charge is 0.397 e. The van der Waals surface area contributed by atoms with Crippen molar-refractivity contribution in [1.82, 2.24) is 4.90 Å². The first kappa shape index (κ1) is 14.2. The molecule has 0 radical (unpaired) electrons. The second kappa shape index (κ2) is 5.83. The normalized spacial score (nSPS) is 18.6. The summed E-state index contributed by atoms with van der Waals surface area (Å²) in [6.45, 7) is 13.3. The molecule has 3 nitrogen and oxygen atoms in total. The number of nitrogens with zero attached hydrogens (tertiary/aromatic N) is 2. The third-order valence-electron chi connectivity index (χ3n) is 4.51. The van der Waals surface area contributed by atoms with E-state index in [9.17, 15) is 0 Å². The molecule has 106 valence electrons. The Morgan fingerprint density at radius 1 is 1.11 bits per heavy atom. The van der Waals surface area contributed by atoms with Crippen molar-refractivity contribution in [1.29, 1.82) is 0 Å². The molecule has 0 aromatic heterocycles. The Kier molecular flexibility index (Phi) is 4.35. The van der Waals surface area contributed by atoms with Crippen LogP contribution in [0.1, 0.15) is 31.4 Å². The summed E-state index contributed by atoms with van der Waals surface area (Å²) in [5.41, 5.74) is 10.9. The molecule has 0 saturated carbocycles. The van der Waals surface area contributed by atoms with Crippen molar-refractivity contribution in [3.8, 4) is 0 Å². The molecule has 1 saturated heterocycles. The number of nitrogen functional groups attached to an aromatic ring is 1.